The van der Waals surface area contributed by atoms with Gasteiger partial charge in [0, 0.05) is 34.1 Å². The van der Waals surface area contributed by atoms with E-state index in [9.17, 15) is 0 Å². The normalized spacial score (nSPS) is 8.60. The molecule has 0 nitrogen and oxygen atoms in total. The van der Waals surface area contributed by atoms with Crippen molar-refractivity contribution in [3.63, 3.8) is 0 Å². The predicted molar refractivity (Wildman–Crippen MR) is 125 cm³/mol. The summed E-state index contributed by atoms with van der Waals surface area (Å²) in [4.78, 5) is 0. The average molecular weight is 484 g/mol. The molecule has 0 spiro atoms. The van der Waals surface area contributed by atoms with Crippen LogP contribution in [0, 0.1) is 0 Å². The molecule has 0 fully saturated rings. The number of unbranched alkanes of at least 4 members (excludes halogenated alkanes) is 2. The summed E-state index contributed by atoms with van der Waals surface area (Å²) in [5.74, 6) is 0. The maximum absolute atomic E-state index is 2.23. The van der Waals surface area contributed by atoms with Crippen molar-refractivity contribution in [3.8, 4) is 0 Å². The van der Waals surface area contributed by atoms with Gasteiger partial charge < -0.3 is 30.3 Å². The molecule has 0 saturated heterocycles. The molecular weight excluding hydrogens is 448 g/mol. The van der Waals surface area contributed by atoms with Crippen LogP contribution in [0.25, 0.3) is 0 Å². The molecule has 0 amide bonds. The Balaban J connectivity index is 0. The molecule has 0 saturated carbocycles. The first-order chi connectivity index (χ1) is 13.9. The Kier molecular flexibility index (Phi) is 24.2. The molecule has 172 valence electrons. The second-order valence-corrected chi connectivity index (χ2v) is 6.72. The number of aryl methyl sites for hydroxylation is 2. The van der Waals surface area contributed by atoms with Crippen LogP contribution in [0.3, 0.4) is 0 Å². The predicted octanol–water partition coefficient (Wildman–Crippen LogP) is 8.30. The average Bonchev–Trinajstić information content (AvgIpc) is 3.57. The van der Waals surface area contributed by atoms with Crippen molar-refractivity contribution in [2.45, 2.75) is 52.4 Å². The Hall–Kier alpha value is -1.56. The van der Waals surface area contributed by atoms with Crippen LogP contribution in [-0.4, -0.2) is 0 Å². The maximum atomic E-state index is 2.23. The summed E-state index contributed by atoms with van der Waals surface area (Å²) in [5.41, 5.74) is 2.97. The summed E-state index contributed by atoms with van der Waals surface area (Å²) >= 11 is 0. The van der Waals surface area contributed by atoms with Crippen molar-refractivity contribution in [1.29, 1.82) is 0 Å². The van der Waals surface area contributed by atoms with E-state index < -0.39 is 0 Å². The summed E-state index contributed by atoms with van der Waals surface area (Å²) in [7, 11) is 0. The number of hydrogen-bond acceptors (Lipinski definition) is 0. The summed E-state index contributed by atoms with van der Waals surface area (Å²) in [6.45, 7) is 4.45. The van der Waals surface area contributed by atoms with E-state index in [1.807, 2.05) is 60.7 Å². The Morgan fingerprint density at radius 2 is 0.867 bits per heavy atom. The van der Waals surface area contributed by atoms with Crippen molar-refractivity contribution in [2.75, 3.05) is 0 Å². The minimum Gasteiger partial charge on any atom is -0.748 e. The van der Waals surface area contributed by atoms with Gasteiger partial charge in [-0.15, -0.1) is 0 Å². The van der Waals surface area contributed by atoms with E-state index in [2.05, 4.69) is 62.4 Å². The molecule has 0 unspecified atom stereocenters. The van der Waals surface area contributed by atoms with Crippen molar-refractivity contribution in [2.24, 2.45) is 0 Å². The van der Waals surface area contributed by atoms with Crippen LogP contribution < -0.4 is 0 Å². The van der Waals surface area contributed by atoms with E-state index >= 15 is 0 Å². The Labute approximate surface area is 206 Å². The Morgan fingerprint density at radius 1 is 0.533 bits per heavy atom. The molecular formula is C28H36Fe2-8. The van der Waals surface area contributed by atoms with Crippen LogP contribution >= 0.6 is 0 Å². The molecule has 4 aromatic rings. The van der Waals surface area contributed by atoms with Gasteiger partial charge in [0.05, 0.1) is 0 Å². The van der Waals surface area contributed by atoms with E-state index in [-0.39, 0.29) is 34.1 Å². The molecule has 0 aliphatic rings. The largest absolute Gasteiger partial charge is 0.748 e. The van der Waals surface area contributed by atoms with Crippen LogP contribution in [-0.2, 0) is 47.0 Å². The molecule has 4 aromatic carbocycles. The molecule has 0 atom stereocenters. The van der Waals surface area contributed by atoms with Gasteiger partial charge in [-0.3, -0.25) is 0 Å². The minimum absolute atomic E-state index is 0. The zero-order valence-corrected chi connectivity index (χ0v) is 20.6. The van der Waals surface area contributed by atoms with Crippen molar-refractivity contribution < 1.29 is 34.1 Å². The third kappa shape index (κ3) is 18.5. The molecule has 0 bridgehead atoms. The Bertz CT molecular complexity index is 588. The fourth-order valence-corrected chi connectivity index (χ4v) is 2.56. The zero-order valence-electron chi connectivity index (χ0n) is 18.3. The molecule has 0 aliphatic heterocycles. The first-order valence-electron chi connectivity index (χ1n) is 10.6. The first-order valence-corrected chi connectivity index (χ1v) is 10.6. The fourth-order valence-electron chi connectivity index (χ4n) is 2.56. The standard InChI is InChI=1S/2C9H13.2C5H5.2Fe/c2*1-2-3-6-9-7-4-5-8-9;2*1-2-4-5-3-1;;/h2*4-5,7-8H,2-3,6H2,1H3;2*1-5H;;/q2*-1;-5;-1;;. The van der Waals surface area contributed by atoms with Gasteiger partial charge in [0.15, 0.2) is 0 Å². The third-order valence-electron chi connectivity index (χ3n) is 4.21. The number of hydrogen-bond donors (Lipinski definition) is 0. The second kappa shape index (κ2) is 23.7. The summed E-state index contributed by atoms with van der Waals surface area (Å²) in [5, 5.41) is 0. The van der Waals surface area contributed by atoms with Gasteiger partial charge in [-0.05, 0) is 0 Å². The number of rotatable bonds is 6. The maximum Gasteiger partial charge on any atom is 0 e. The second-order valence-electron chi connectivity index (χ2n) is 6.72. The Morgan fingerprint density at radius 3 is 1.10 bits per heavy atom. The molecule has 0 radical (unpaired) electrons. The van der Waals surface area contributed by atoms with Crippen LogP contribution in [0.4, 0.5) is 0 Å². The van der Waals surface area contributed by atoms with Crippen LogP contribution in [0.1, 0.15) is 50.7 Å². The van der Waals surface area contributed by atoms with Crippen LogP contribution in [0.2, 0.25) is 0 Å². The molecule has 0 aromatic heterocycles. The van der Waals surface area contributed by atoms with Crippen LogP contribution in [0.5, 0.6) is 0 Å². The van der Waals surface area contributed by atoms with Crippen LogP contribution in [0.15, 0.2) is 109 Å². The van der Waals surface area contributed by atoms with Gasteiger partial charge in [-0.1, -0.05) is 52.4 Å². The quantitative estimate of drug-likeness (QED) is 0.191. The zero-order chi connectivity index (χ0) is 20.1. The molecule has 0 N–H and O–H groups in total. The summed E-state index contributed by atoms with van der Waals surface area (Å²) in [6.07, 6.45) is 7.75. The van der Waals surface area contributed by atoms with E-state index in [1.165, 1.54) is 49.7 Å². The first kappa shape index (κ1) is 30.6. The summed E-state index contributed by atoms with van der Waals surface area (Å²) in [6, 6.07) is 37.2. The monoisotopic (exact) mass is 484 g/mol. The SMILES string of the molecule is CCCC[c-]1cccc1.CCCC[c-]1cccc1.[Fe].[Fe].[cH-]1[cH-][cH-][cH-][cH-]1.c1cc[cH-]c1. The van der Waals surface area contributed by atoms with Gasteiger partial charge in [0.25, 0.3) is 0 Å². The topological polar surface area (TPSA) is 0 Å². The molecule has 2 heteroatoms. The molecule has 0 heterocycles. The van der Waals surface area contributed by atoms with E-state index in [1.54, 1.807) is 0 Å². The molecule has 0 aliphatic carbocycles. The smallest absolute Gasteiger partial charge is 0 e. The van der Waals surface area contributed by atoms with Gasteiger partial charge in [-0.25, -0.2) is 36.4 Å². The van der Waals surface area contributed by atoms with Crippen molar-refractivity contribution in [3.05, 3.63) is 120 Å². The summed E-state index contributed by atoms with van der Waals surface area (Å²) < 4.78 is 0. The van der Waals surface area contributed by atoms with Gasteiger partial charge in [-0.2, -0.15) is 53.6 Å². The van der Waals surface area contributed by atoms with Crippen molar-refractivity contribution >= 4 is 0 Å². The minimum atomic E-state index is 0. The van der Waals surface area contributed by atoms with Gasteiger partial charge in [0.1, 0.15) is 0 Å². The molecule has 4 rings (SSSR count). The van der Waals surface area contributed by atoms with Crippen molar-refractivity contribution in [1.82, 2.24) is 0 Å². The van der Waals surface area contributed by atoms with Gasteiger partial charge in [0.2, 0.25) is 0 Å². The third-order valence-corrected chi connectivity index (χ3v) is 4.21. The molecule has 30 heavy (non-hydrogen) atoms. The van der Waals surface area contributed by atoms with E-state index in [0.29, 0.717) is 0 Å². The fraction of sp³-hybridized carbons (Fsp3) is 0.286. The van der Waals surface area contributed by atoms with E-state index in [0.717, 1.165) is 0 Å². The van der Waals surface area contributed by atoms with Gasteiger partial charge >= 0.3 is 0 Å². The van der Waals surface area contributed by atoms with E-state index in [4.69, 9.17) is 0 Å².